The van der Waals surface area contributed by atoms with Gasteiger partial charge in [-0.25, -0.2) is 8.42 Å². The second-order valence-corrected chi connectivity index (χ2v) is 7.25. The molecule has 0 bridgehead atoms. The Hall–Kier alpha value is -2.01. The quantitative estimate of drug-likeness (QED) is 0.911. The lowest BCUT2D eigenvalue weighted by molar-refractivity contribution is 0.469. The molecular formula is C16H19NO3S. The summed E-state index contributed by atoms with van der Waals surface area (Å²) < 4.78 is 23.2. The van der Waals surface area contributed by atoms with Crippen molar-refractivity contribution in [1.82, 2.24) is 0 Å². The van der Waals surface area contributed by atoms with Crippen LogP contribution in [0, 0.1) is 13.8 Å². The highest BCUT2D eigenvalue weighted by Crippen LogP contribution is 2.23. The Morgan fingerprint density at radius 3 is 2.48 bits per heavy atom. The van der Waals surface area contributed by atoms with Gasteiger partial charge in [0.2, 0.25) is 0 Å². The summed E-state index contributed by atoms with van der Waals surface area (Å²) in [6.07, 6.45) is 1.19. The third-order valence-electron chi connectivity index (χ3n) is 3.34. The van der Waals surface area contributed by atoms with E-state index in [1.54, 1.807) is 24.3 Å². The van der Waals surface area contributed by atoms with E-state index in [0.29, 0.717) is 6.54 Å². The predicted molar refractivity (Wildman–Crippen MR) is 84.5 cm³/mol. The Morgan fingerprint density at radius 2 is 1.81 bits per heavy atom. The maximum Gasteiger partial charge on any atom is 0.175 e. The molecule has 2 aromatic rings. The van der Waals surface area contributed by atoms with E-state index in [1.807, 2.05) is 26.0 Å². The van der Waals surface area contributed by atoms with Gasteiger partial charge in [0.15, 0.2) is 9.84 Å². The Bertz CT molecular complexity index is 767. The lowest BCUT2D eigenvalue weighted by Gasteiger charge is -2.12. The maximum atomic E-state index is 11.6. The minimum atomic E-state index is -3.23. The Balaban J connectivity index is 2.26. The van der Waals surface area contributed by atoms with E-state index in [9.17, 15) is 13.5 Å². The smallest absolute Gasteiger partial charge is 0.175 e. The van der Waals surface area contributed by atoms with Crippen LogP contribution in [0.25, 0.3) is 0 Å². The molecule has 0 aromatic heterocycles. The third kappa shape index (κ3) is 3.76. The molecule has 0 spiro atoms. The standard InChI is InChI=1S/C16H19NO3S/c1-11-4-7-16(18)13(8-11)10-17-15-9-14(21(3,19)20)6-5-12(15)2/h4-9,17-18H,10H2,1-3H3. The van der Waals surface area contributed by atoms with Crippen molar-refractivity contribution in [1.29, 1.82) is 0 Å². The molecule has 0 saturated carbocycles. The first kappa shape index (κ1) is 15.4. The summed E-state index contributed by atoms with van der Waals surface area (Å²) in [5, 5.41) is 13.0. The molecule has 21 heavy (non-hydrogen) atoms. The predicted octanol–water partition coefficient (Wildman–Crippen LogP) is 3.02. The fraction of sp³-hybridized carbons (Fsp3) is 0.250. The van der Waals surface area contributed by atoms with E-state index in [4.69, 9.17) is 0 Å². The van der Waals surface area contributed by atoms with Gasteiger partial charge in [-0.1, -0.05) is 23.8 Å². The van der Waals surface area contributed by atoms with Crippen LogP contribution in [0.4, 0.5) is 5.69 Å². The number of phenolic OH excluding ortho intramolecular Hbond substituents is 1. The van der Waals surface area contributed by atoms with Gasteiger partial charge >= 0.3 is 0 Å². The largest absolute Gasteiger partial charge is 0.508 e. The van der Waals surface area contributed by atoms with Gasteiger partial charge in [-0.2, -0.15) is 0 Å². The molecule has 0 saturated heterocycles. The van der Waals surface area contributed by atoms with Gasteiger partial charge in [-0.15, -0.1) is 0 Å². The van der Waals surface area contributed by atoms with Gasteiger partial charge in [0, 0.05) is 24.1 Å². The van der Waals surface area contributed by atoms with Gasteiger partial charge < -0.3 is 10.4 Å². The van der Waals surface area contributed by atoms with E-state index in [-0.39, 0.29) is 10.6 Å². The van der Waals surface area contributed by atoms with Gasteiger partial charge in [0.1, 0.15) is 5.75 Å². The number of rotatable bonds is 4. The minimum Gasteiger partial charge on any atom is -0.508 e. The van der Waals surface area contributed by atoms with Gasteiger partial charge in [-0.05, 0) is 37.6 Å². The molecule has 0 heterocycles. The molecule has 0 amide bonds. The zero-order valence-electron chi connectivity index (χ0n) is 12.3. The first-order valence-electron chi connectivity index (χ1n) is 6.60. The molecule has 0 aliphatic carbocycles. The number of phenols is 1. The number of aryl methyl sites for hydroxylation is 2. The lowest BCUT2D eigenvalue weighted by Crippen LogP contribution is -2.04. The molecule has 2 aromatic carbocycles. The average molecular weight is 305 g/mol. The fourth-order valence-corrected chi connectivity index (χ4v) is 2.72. The summed E-state index contributed by atoms with van der Waals surface area (Å²) in [4.78, 5) is 0.282. The fourth-order valence-electron chi connectivity index (χ4n) is 2.07. The summed E-state index contributed by atoms with van der Waals surface area (Å²) in [5.41, 5.74) is 3.54. The van der Waals surface area contributed by atoms with Crippen LogP contribution in [0.5, 0.6) is 5.75 Å². The molecule has 0 aliphatic rings. The molecular weight excluding hydrogens is 286 g/mol. The maximum absolute atomic E-state index is 11.6. The number of sulfone groups is 1. The van der Waals surface area contributed by atoms with Crippen molar-refractivity contribution in [3.63, 3.8) is 0 Å². The summed E-state index contributed by atoms with van der Waals surface area (Å²) in [6, 6.07) is 10.4. The van der Waals surface area contributed by atoms with E-state index < -0.39 is 9.84 Å². The van der Waals surface area contributed by atoms with Crippen molar-refractivity contribution in [3.8, 4) is 5.75 Å². The van der Waals surface area contributed by atoms with Crippen molar-refractivity contribution in [2.45, 2.75) is 25.3 Å². The molecule has 2 rings (SSSR count). The monoisotopic (exact) mass is 305 g/mol. The van der Waals surface area contributed by atoms with Crippen molar-refractivity contribution in [3.05, 3.63) is 53.1 Å². The topological polar surface area (TPSA) is 66.4 Å². The number of hydrogen-bond donors (Lipinski definition) is 2. The molecule has 0 radical (unpaired) electrons. The van der Waals surface area contributed by atoms with Crippen LogP contribution in [0.2, 0.25) is 0 Å². The van der Waals surface area contributed by atoms with E-state index in [1.165, 1.54) is 6.26 Å². The van der Waals surface area contributed by atoms with Crippen molar-refractivity contribution < 1.29 is 13.5 Å². The normalized spacial score (nSPS) is 11.4. The lowest BCUT2D eigenvalue weighted by atomic mass is 10.1. The SMILES string of the molecule is Cc1ccc(O)c(CNc2cc(S(C)(=O)=O)ccc2C)c1. The summed E-state index contributed by atoms with van der Waals surface area (Å²) >= 11 is 0. The molecule has 0 unspecified atom stereocenters. The second-order valence-electron chi connectivity index (χ2n) is 5.23. The van der Waals surface area contributed by atoms with Gasteiger partial charge in [-0.3, -0.25) is 0 Å². The molecule has 4 nitrogen and oxygen atoms in total. The van der Waals surface area contributed by atoms with Crippen LogP contribution >= 0.6 is 0 Å². The first-order chi connectivity index (χ1) is 9.77. The molecule has 0 aliphatic heterocycles. The van der Waals surface area contributed by atoms with Crippen LogP contribution < -0.4 is 5.32 Å². The number of hydrogen-bond acceptors (Lipinski definition) is 4. The van der Waals surface area contributed by atoms with Crippen LogP contribution in [-0.2, 0) is 16.4 Å². The van der Waals surface area contributed by atoms with Crippen LogP contribution in [0.3, 0.4) is 0 Å². The summed E-state index contributed by atoms with van der Waals surface area (Å²) in [6.45, 7) is 4.30. The van der Waals surface area contributed by atoms with E-state index in [2.05, 4.69) is 5.32 Å². The zero-order valence-corrected chi connectivity index (χ0v) is 13.2. The molecule has 0 fully saturated rings. The Morgan fingerprint density at radius 1 is 1.10 bits per heavy atom. The van der Waals surface area contributed by atoms with E-state index in [0.717, 1.165) is 22.4 Å². The number of anilines is 1. The van der Waals surface area contributed by atoms with Gasteiger partial charge in [0.05, 0.1) is 4.90 Å². The summed E-state index contributed by atoms with van der Waals surface area (Å²) in [5.74, 6) is 0.227. The minimum absolute atomic E-state index is 0.227. The number of nitrogens with one attached hydrogen (secondary N) is 1. The Labute approximate surface area is 125 Å². The van der Waals surface area contributed by atoms with E-state index >= 15 is 0 Å². The zero-order chi connectivity index (χ0) is 15.6. The van der Waals surface area contributed by atoms with Gasteiger partial charge in [0.25, 0.3) is 0 Å². The number of aromatic hydroxyl groups is 1. The third-order valence-corrected chi connectivity index (χ3v) is 4.45. The highest BCUT2D eigenvalue weighted by atomic mass is 32.2. The van der Waals surface area contributed by atoms with Crippen LogP contribution in [-0.4, -0.2) is 19.8 Å². The van der Waals surface area contributed by atoms with Crippen LogP contribution in [0.15, 0.2) is 41.3 Å². The second kappa shape index (κ2) is 5.77. The highest BCUT2D eigenvalue weighted by Gasteiger charge is 2.10. The van der Waals surface area contributed by atoms with Crippen molar-refractivity contribution in [2.75, 3.05) is 11.6 Å². The average Bonchev–Trinajstić information content (AvgIpc) is 2.40. The van der Waals surface area contributed by atoms with Crippen molar-refractivity contribution >= 4 is 15.5 Å². The Kier molecular flexibility index (Phi) is 4.23. The molecule has 2 N–H and O–H groups in total. The molecule has 5 heteroatoms. The highest BCUT2D eigenvalue weighted by molar-refractivity contribution is 7.90. The number of benzene rings is 2. The van der Waals surface area contributed by atoms with Crippen molar-refractivity contribution in [2.24, 2.45) is 0 Å². The molecule has 0 atom stereocenters. The first-order valence-corrected chi connectivity index (χ1v) is 8.49. The van der Waals surface area contributed by atoms with Crippen LogP contribution in [0.1, 0.15) is 16.7 Å². The summed E-state index contributed by atoms with van der Waals surface area (Å²) in [7, 11) is -3.23. The molecule has 112 valence electrons.